The maximum absolute atomic E-state index is 13.0. The lowest BCUT2D eigenvalue weighted by molar-refractivity contribution is 0.0988. The molecule has 2 aromatic carbocycles. The van der Waals surface area contributed by atoms with Crippen LogP contribution in [-0.4, -0.2) is 30.0 Å². The van der Waals surface area contributed by atoms with Gasteiger partial charge >= 0.3 is 0 Å². The van der Waals surface area contributed by atoms with Crippen molar-refractivity contribution in [3.8, 4) is 5.75 Å². The van der Waals surface area contributed by atoms with E-state index < -0.39 is 0 Å². The van der Waals surface area contributed by atoms with Crippen molar-refractivity contribution in [1.82, 2.24) is 4.98 Å². The van der Waals surface area contributed by atoms with Crippen molar-refractivity contribution in [3.63, 3.8) is 0 Å². The van der Waals surface area contributed by atoms with Gasteiger partial charge in [0.25, 0.3) is 0 Å². The average Bonchev–Trinajstić information content (AvgIpc) is 2.71. The van der Waals surface area contributed by atoms with Crippen LogP contribution in [0.5, 0.6) is 5.75 Å². The molecule has 3 aromatic rings. The number of nitrogens with zero attached hydrogens (tertiary/aromatic N) is 2. The lowest BCUT2D eigenvalue weighted by atomic mass is 10.1. The number of carbonyl (C=O) groups excluding carboxylic acids is 1. The molecule has 1 aromatic heterocycles. The zero-order valence-corrected chi connectivity index (χ0v) is 16.1. The van der Waals surface area contributed by atoms with Crippen molar-refractivity contribution < 1.29 is 13.9 Å². The largest absolute Gasteiger partial charge is 0.487 e. The van der Waals surface area contributed by atoms with E-state index in [-0.39, 0.29) is 17.7 Å². The summed E-state index contributed by atoms with van der Waals surface area (Å²) >= 11 is 0. The van der Waals surface area contributed by atoms with Crippen molar-refractivity contribution in [2.24, 2.45) is 0 Å². The molecule has 0 saturated carbocycles. The molecule has 0 atom stereocenters. The fourth-order valence-electron chi connectivity index (χ4n) is 3.24. The summed E-state index contributed by atoms with van der Waals surface area (Å²) in [7, 11) is 0. The molecule has 4 rings (SSSR count). The monoisotopic (exact) mass is 391 g/mol. The van der Waals surface area contributed by atoms with Crippen LogP contribution in [0.1, 0.15) is 23.7 Å². The Kier molecular flexibility index (Phi) is 5.42. The fourth-order valence-corrected chi connectivity index (χ4v) is 3.24. The molecular formula is C23H22FN3O2. The SMILES string of the molecule is CCC(=O)c1cccc(Nc2cc(N3CC(Oc4ccc(F)cc4)C3)ccn2)c1. The number of ketones is 1. The standard InChI is InChI=1S/C23H22FN3O2/c1-2-22(28)16-4-3-5-18(12-16)26-23-13-19(10-11-25-23)27-14-21(15-27)29-20-8-6-17(24)7-9-20/h3-13,21H,2,14-15H2,1H3,(H,25,26). The quantitative estimate of drug-likeness (QED) is 0.585. The predicted molar refractivity (Wildman–Crippen MR) is 112 cm³/mol. The molecule has 6 heteroatoms. The van der Waals surface area contributed by atoms with E-state index in [1.165, 1.54) is 12.1 Å². The van der Waals surface area contributed by atoms with Gasteiger partial charge in [-0.2, -0.15) is 0 Å². The zero-order chi connectivity index (χ0) is 20.2. The number of carbonyl (C=O) groups is 1. The topological polar surface area (TPSA) is 54.5 Å². The highest BCUT2D eigenvalue weighted by atomic mass is 19.1. The number of anilines is 3. The predicted octanol–water partition coefficient (Wildman–Crippen LogP) is 4.82. The number of nitrogens with one attached hydrogen (secondary N) is 1. The maximum Gasteiger partial charge on any atom is 0.162 e. The summed E-state index contributed by atoms with van der Waals surface area (Å²) < 4.78 is 18.8. The van der Waals surface area contributed by atoms with Gasteiger partial charge in [-0.05, 0) is 42.5 Å². The Morgan fingerprint density at radius 1 is 1.17 bits per heavy atom. The van der Waals surface area contributed by atoms with Crippen molar-refractivity contribution in [3.05, 3.63) is 78.2 Å². The number of aromatic nitrogens is 1. The molecule has 5 nitrogen and oxygen atoms in total. The third-order valence-electron chi connectivity index (χ3n) is 4.85. The van der Waals surface area contributed by atoms with Crippen LogP contribution >= 0.6 is 0 Å². The van der Waals surface area contributed by atoms with Crippen LogP contribution in [0.2, 0.25) is 0 Å². The van der Waals surface area contributed by atoms with Gasteiger partial charge in [-0.15, -0.1) is 0 Å². The van der Waals surface area contributed by atoms with Gasteiger partial charge in [-0.3, -0.25) is 4.79 Å². The summed E-state index contributed by atoms with van der Waals surface area (Å²) in [6.07, 6.45) is 2.31. The van der Waals surface area contributed by atoms with Gasteiger partial charge in [0, 0.05) is 35.6 Å². The first kappa shape index (κ1) is 18.9. The second-order valence-electron chi connectivity index (χ2n) is 6.98. The van der Waals surface area contributed by atoms with Crippen LogP contribution in [0.4, 0.5) is 21.6 Å². The molecule has 0 bridgehead atoms. The van der Waals surface area contributed by atoms with Gasteiger partial charge in [0.2, 0.25) is 0 Å². The van der Waals surface area contributed by atoms with E-state index in [4.69, 9.17) is 4.74 Å². The maximum atomic E-state index is 13.0. The Labute approximate surface area is 169 Å². The van der Waals surface area contributed by atoms with E-state index in [0.717, 1.165) is 24.5 Å². The Balaban J connectivity index is 1.37. The lowest BCUT2D eigenvalue weighted by Gasteiger charge is -2.40. The number of ether oxygens (including phenoxy) is 1. The number of pyridine rings is 1. The number of rotatable bonds is 7. The molecule has 1 N–H and O–H groups in total. The van der Waals surface area contributed by atoms with Gasteiger partial charge < -0.3 is 15.0 Å². The lowest BCUT2D eigenvalue weighted by Crippen LogP contribution is -2.54. The van der Waals surface area contributed by atoms with E-state index in [1.54, 1.807) is 18.3 Å². The number of hydrogen-bond acceptors (Lipinski definition) is 5. The van der Waals surface area contributed by atoms with Gasteiger partial charge in [-0.1, -0.05) is 19.1 Å². The molecule has 2 heterocycles. The van der Waals surface area contributed by atoms with Crippen LogP contribution in [0.25, 0.3) is 0 Å². The molecule has 0 spiro atoms. The first-order valence-corrected chi connectivity index (χ1v) is 9.64. The van der Waals surface area contributed by atoms with Crippen molar-refractivity contribution >= 4 is 23.0 Å². The third kappa shape index (κ3) is 4.54. The highest BCUT2D eigenvalue weighted by Gasteiger charge is 2.29. The van der Waals surface area contributed by atoms with E-state index >= 15 is 0 Å². The first-order valence-electron chi connectivity index (χ1n) is 9.64. The normalized spacial score (nSPS) is 13.7. The van der Waals surface area contributed by atoms with Gasteiger partial charge in [0.1, 0.15) is 23.5 Å². The Morgan fingerprint density at radius 2 is 1.97 bits per heavy atom. The van der Waals surface area contributed by atoms with Crippen LogP contribution in [0, 0.1) is 5.82 Å². The van der Waals surface area contributed by atoms with Crippen molar-refractivity contribution in [2.75, 3.05) is 23.3 Å². The minimum atomic E-state index is -0.269. The molecule has 0 unspecified atom stereocenters. The fraction of sp³-hybridized carbons (Fsp3) is 0.217. The van der Waals surface area contributed by atoms with E-state index in [0.29, 0.717) is 23.6 Å². The summed E-state index contributed by atoms with van der Waals surface area (Å²) in [6, 6.07) is 17.5. The Morgan fingerprint density at radius 3 is 2.72 bits per heavy atom. The molecule has 1 fully saturated rings. The smallest absolute Gasteiger partial charge is 0.162 e. The highest BCUT2D eigenvalue weighted by molar-refractivity contribution is 5.96. The third-order valence-corrected chi connectivity index (χ3v) is 4.85. The average molecular weight is 391 g/mol. The molecule has 1 saturated heterocycles. The number of benzene rings is 2. The van der Waals surface area contributed by atoms with Gasteiger partial charge in [-0.25, -0.2) is 9.37 Å². The molecule has 0 radical (unpaired) electrons. The minimum absolute atomic E-state index is 0.0711. The molecule has 0 aliphatic carbocycles. The molecular weight excluding hydrogens is 369 g/mol. The second kappa shape index (κ2) is 8.31. The van der Waals surface area contributed by atoms with Crippen LogP contribution < -0.4 is 15.0 Å². The first-order chi connectivity index (χ1) is 14.1. The number of hydrogen-bond donors (Lipinski definition) is 1. The van der Waals surface area contributed by atoms with Crippen molar-refractivity contribution in [2.45, 2.75) is 19.4 Å². The zero-order valence-electron chi connectivity index (χ0n) is 16.1. The summed E-state index contributed by atoms with van der Waals surface area (Å²) in [4.78, 5) is 18.5. The van der Waals surface area contributed by atoms with Crippen LogP contribution in [0.3, 0.4) is 0 Å². The van der Waals surface area contributed by atoms with Crippen molar-refractivity contribution in [1.29, 1.82) is 0 Å². The Bertz CT molecular complexity index is 1000. The number of halogens is 1. The summed E-state index contributed by atoms with van der Waals surface area (Å²) in [6.45, 7) is 3.36. The van der Waals surface area contributed by atoms with Gasteiger partial charge in [0.05, 0.1) is 13.1 Å². The van der Waals surface area contributed by atoms with Gasteiger partial charge in [0.15, 0.2) is 5.78 Å². The summed E-state index contributed by atoms with van der Waals surface area (Å²) in [5.41, 5.74) is 2.56. The molecule has 0 amide bonds. The van der Waals surface area contributed by atoms with Crippen LogP contribution in [-0.2, 0) is 0 Å². The molecule has 29 heavy (non-hydrogen) atoms. The highest BCUT2D eigenvalue weighted by Crippen LogP contribution is 2.27. The Hall–Kier alpha value is -3.41. The minimum Gasteiger partial charge on any atom is -0.487 e. The van der Waals surface area contributed by atoms with E-state index in [2.05, 4.69) is 15.2 Å². The molecule has 1 aliphatic heterocycles. The van der Waals surface area contributed by atoms with E-state index in [1.807, 2.05) is 43.3 Å². The summed E-state index contributed by atoms with van der Waals surface area (Å²) in [5.74, 6) is 1.23. The molecule has 148 valence electrons. The summed E-state index contributed by atoms with van der Waals surface area (Å²) in [5, 5.41) is 3.27. The van der Waals surface area contributed by atoms with Crippen LogP contribution in [0.15, 0.2) is 66.9 Å². The number of Topliss-reactive ketones (excluding diaryl/α,β-unsaturated/α-hetero) is 1. The van der Waals surface area contributed by atoms with E-state index in [9.17, 15) is 9.18 Å². The second-order valence-corrected chi connectivity index (χ2v) is 6.98. The molecule has 1 aliphatic rings.